The van der Waals surface area contributed by atoms with Crippen LogP contribution in [0.5, 0.6) is 0 Å². The van der Waals surface area contributed by atoms with Crippen LogP contribution in [-0.4, -0.2) is 33.4 Å². The minimum absolute atomic E-state index is 0.180. The highest BCUT2D eigenvalue weighted by molar-refractivity contribution is 5.94. The number of carbonyl (C=O) groups excluding carboxylic acids is 1. The van der Waals surface area contributed by atoms with Crippen molar-refractivity contribution in [1.29, 1.82) is 5.26 Å². The van der Waals surface area contributed by atoms with E-state index in [2.05, 4.69) is 10.4 Å². The molecule has 0 saturated carbocycles. The van der Waals surface area contributed by atoms with Gasteiger partial charge in [0.05, 0.1) is 18.0 Å². The first kappa shape index (κ1) is 18.5. The van der Waals surface area contributed by atoms with Crippen LogP contribution in [0.15, 0.2) is 30.5 Å². The predicted molar refractivity (Wildman–Crippen MR) is 95.1 cm³/mol. The van der Waals surface area contributed by atoms with E-state index in [9.17, 15) is 9.90 Å². The highest BCUT2D eigenvalue weighted by Gasteiger charge is 2.17. The Morgan fingerprint density at radius 1 is 1.36 bits per heavy atom. The lowest BCUT2D eigenvalue weighted by molar-refractivity contribution is 0.0816. The van der Waals surface area contributed by atoms with Crippen LogP contribution in [0, 0.1) is 17.2 Å². The second kappa shape index (κ2) is 8.31. The monoisotopic (exact) mass is 341 g/mol. The summed E-state index contributed by atoms with van der Waals surface area (Å²) >= 11 is 0. The molecule has 132 valence electrons. The Balaban J connectivity index is 2.03. The molecule has 0 radical (unpaired) electrons. The van der Waals surface area contributed by atoms with Crippen molar-refractivity contribution < 1.29 is 9.90 Å². The van der Waals surface area contributed by atoms with Crippen LogP contribution in [0.1, 0.15) is 42.6 Å². The molecule has 1 heterocycles. The fourth-order valence-electron chi connectivity index (χ4n) is 2.70. The molecule has 7 nitrogen and oxygen atoms in total. The van der Waals surface area contributed by atoms with Crippen LogP contribution in [0.3, 0.4) is 0 Å². The molecule has 1 unspecified atom stereocenters. The Morgan fingerprint density at radius 2 is 2.00 bits per heavy atom. The highest BCUT2D eigenvalue weighted by atomic mass is 16.3. The summed E-state index contributed by atoms with van der Waals surface area (Å²) in [6.07, 6.45) is 2.59. The molecule has 0 aliphatic rings. The van der Waals surface area contributed by atoms with Gasteiger partial charge in [-0.15, -0.1) is 0 Å². The van der Waals surface area contributed by atoms with Gasteiger partial charge in [0, 0.05) is 12.1 Å². The third-order valence-corrected chi connectivity index (χ3v) is 4.37. The summed E-state index contributed by atoms with van der Waals surface area (Å²) in [5, 5.41) is 25.8. The number of nitriles is 1. The summed E-state index contributed by atoms with van der Waals surface area (Å²) in [6, 6.07) is 8.68. The van der Waals surface area contributed by atoms with Crippen LogP contribution < -0.4 is 11.1 Å². The number of aliphatic hydroxyl groups is 1. The van der Waals surface area contributed by atoms with Gasteiger partial charge in [-0.3, -0.25) is 4.79 Å². The summed E-state index contributed by atoms with van der Waals surface area (Å²) < 4.78 is 1.44. The van der Waals surface area contributed by atoms with Crippen molar-refractivity contribution in [3.05, 3.63) is 41.6 Å². The van der Waals surface area contributed by atoms with E-state index in [-0.39, 0.29) is 24.2 Å². The molecule has 0 aliphatic heterocycles. The van der Waals surface area contributed by atoms with Crippen molar-refractivity contribution in [2.75, 3.05) is 12.3 Å². The molecule has 1 atom stereocenters. The zero-order chi connectivity index (χ0) is 18.4. The Kier molecular flexibility index (Phi) is 6.14. The minimum atomic E-state index is -0.550. The number of nitrogen functional groups attached to an aromatic ring is 1. The van der Waals surface area contributed by atoms with E-state index in [1.165, 1.54) is 10.9 Å². The molecule has 0 fully saturated rings. The van der Waals surface area contributed by atoms with Crippen molar-refractivity contribution in [2.45, 2.75) is 32.8 Å². The number of nitrogens with zero attached hydrogens (tertiary/aromatic N) is 3. The van der Waals surface area contributed by atoms with Crippen LogP contribution in [0.25, 0.3) is 5.69 Å². The molecule has 0 bridgehead atoms. The Hall–Kier alpha value is -2.85. The van der Waals surface area contributed by atoms with Gasteiger partial charge in [0.1, 0.15) is 17.5 Å². The molecule has 2 aromatic rings. The van der Waals surface area contributed by atoms with Crippen molar-refractivity contribution in [3.8, 4) is 11.8 Å². The average molecular weight is 341 g/mol. The minimum Gasteiger partial charge on any atom is -0.391 e. The fraction of sp³-hybridized carbons (Fsp3) is 0.389. The molecule has 0 spiro atoms. The van der Waals surface area contributed by atoms with Crippen LogP contribution in [0.2, 0.25) is 0 Å². The molecular formula is C18H23N5O2. The van der Waals surface area contributed by atoms with Crippen molar-refractivity contribution >= 4 is 11.7 Å². The van der Waals surface area contributed by atoms with Gasteiger partial charge in [-0.2, -0.15) is 10.4 Å². The zero-order valence-electron chi connectivity index (χ0n) is 14.4. The molecule has 0 aliphatic carbocycles. The van der Waals surface area contributed by atoms with Crippen LogP contribution in [-0.2, 0) is 0 Å². The molecule has 2 rings (SSSR count). The molecule has 4 N–H and O–H groups in total. The van der Waals surface area contributed by atoms with Gasteiger partial charge in [-0.1, -0.05) is 26.7 Å². The standard InChI is InChI=1S/C18H23N5O2/c1-3-12(4-2)16(24)11-21-18(25)13-5-7-15(8-6-13)23-17(20)14(9-19)10-22-23/h5-8,10,12,16,24H,3-4,11,20H2,1-2H3,(H,21,25). The SMILES string of the molecule is CCC(CC)C(O)CNC(=O)c1ccc(-n2ncc(C#N)c2N)cc1. The summed E-state index contributed by atoms with van der Waals surface area (Å²) in [4.78, 5) is 12.2. The van der Waals surface area contributed by atoms with Gasteiger partial charge in [0.25, 0.3) is 5.91 Å². The first-order valence-electron chi connectivity index (χ1n) is 8.32. The molecule has 7 heteroatoms. The van der Waals surface area contributed by atoms with Crippen LogP contribution in [0.4, 0.5) is 5.82 Å². The van der Waals surface area contributed by atoms with E-state index in [0.29, 0.717) is 16.8 Å². The zero-order valence-corrected chi connectivity index (χ0v) is 14.4. The number of nitrogens with two attached hydrogens (primary N) is 1. The normalized spacial score (nSPS) is 12.0. The van der Waals surface area contributed by atoms with E-state index in [0.717, 1.165) is 12.8 Å². The molecule has 25 heavy (non-hydrogen) atoms. The van der Waals surface area contributed by atoms with Gasteiger partial charge in [-0.25, -0.2) is 4.68 Å². The average Bonchev–Trinajstić information content (AvgIpc) is 3.01. The number of nitrogens with one attached hydrogen (secondary N) is 1. The van der Waals surface area contributed by atoms with Gasteiger partial charge in [0.15, 0.2) is 0 Å². The Labute approximate surface area is 147 Å². The summed E-state index contributed by atoms with van der Waals surface area (Å²) in [6.45, 7) is 4.28. The lowest BCUT2D eigenvalue weighted by Gasteiger charge is -2.20. The second-order valence-electron chi connectivity index (χ2n) is 5.87. The maximum absolute atomic E-state index is 12.2. The van der Waals surface area contributed by atoms with Crippen LogP contribution >= 0.6 is 0 Å². The Morgan fingerprint density at radius 3 is 2.52 bits per heavy atom. The summed E-state index contributed by atoms with van der Waals surface area (Å²) in [5.74, 6) is 0.190. The van der Waals surface area contributed by atoms with Gasteiger partial charge >= 0.3 is 0 Å². The largest absolute Gasteiger partial charge is 0.391 e. The van der Waals surface area contributed by atoms with Gasteiger partial charge < -0.3 is 16.2 Å². The number of benzene rings is 1. The second-order valence-corrected chi connectivity index (χ2v) is 5.87. The maximum atomic E-state index is 12.2. The first-order valence-corrected chi connectivity index (χ1v) is 8.32. The van der Waals surface area contributed by atoms with Gasteiger partial charge in [-0.05, 0) is 30.2 Å². The third-order valence-electron chi connectivity index (χ3n) is 4.37. The molecule has 1 aromatic carbocycles. The number of aromatic nitrogens is 2. The van der Waals surface area contributed by atoms with Crippen molar-refractivity contribution in [3.63, 3.8) is 0 Å². The fourth-order valence-corrected chi connectivity index (χ4v) is 2.70. The number of anilines is 1. The van der Waals surface area contributed by atoms with E-state index in [4.69, 9.17) is 11.0 Å². The van der Waals surface area contributed by atoms with E-state index in [1.807, 2.05) is 19.9 Å². The molecular weight excluding hydrogens is 318 g/mol. The van der Waals surface area contributed by atoms with Crippen molar-refractivity contribution in [2.24, 2.45) is 5.92 Å². The van der Waals surface area contributed by atoms with E-state index < -0.39 is 6.10 Å². The molecule has 1 amide bonds. The lowest BCUT2D eigenvalue weighted by Crippen LogP contribution is -2.36. The van der Waals surface area contributed by atoms with Gasteiger partial charge in [0.2, 0.25) is 0 Å². The van der Waals surface area contributed by atoms with E-state index in [1.54, 1.807) is 24.3 Å². The number of aliphatic hydroxyl groups excluding tert-OH is 1. The predicted octanol–water partition coefficient (Wildman–Crippen LogP) is 1.85. The first-order chi connectivity index (χ1) is 12.0. The number of hydrogen-bond acceptors (Lipinski definition) is 5. The van der Waals surface area contributed by atoms with Crippen molar-refractivity contribution in [1.82, 2.24) is 15.1 Å². The topological polar surface area (TPSA) is 117 Å². The quantitative estimate of drug-likeness (QED) is 0.710. The maximum Gasteiger partial charge on any atom is 0.251 e. The summed E-state index contributed by atoms with van der Waals surface area (Å²) in [5.41, 5.74) is 7.29. The lowest BCUT2D eigenvalue weighted by atomic mass is 9.96. The third kappa shape index (κ3) is 4.17. The number of carbonyl (C=O) groups is 1. The molecule has 1 aromatic heterocycles. The number of amides is 1. The molecule has 0 saturated heterocycles. The number of rotatable bonds is 7. The summed E-state index contributed by atoms with van der Waals surface area (Å²) in [7, 11) is 0. The Bertz CT molecular complexity index is 757. The number of hydrogen-bond donors (Lipinski definition) is 3. The smallest absolute Gasteiger partial charge is 0.251 e. The highest BCUT2D eigenvalue weighted by Crippen LogP contribution is 2.17. The van der Waals surface area contributed by atoms with E-state index >= 15 is 0 Å².